The smallest absolute Gasteiger partial charge is 0.387 e. The van der Waals surface area contributed by atoms with E-state index in [-0.39, 0.29) is 67.9 Å². The van der Waals surface area contributed by atoms with Gasteiger partial charge in [0.15, 0.2) is 70.8 Å². The molecular weight excluding hydrogens is 1310 g/mol. The van der Waals surface area contributed by atoms with Crippen molar-refractivity contribution in [1.82, 2.24) is 78.1 Å². The van der Waals surface area contributed by atoms with Gasteiger partial charge in [-0.1, -0.05) is 0 Å². The Hall–Kier alpha value is -6.52. The van der Waals surface area contributed by atoms with Crippen LogP contribution in [0.4, 0.5) is 23.3 Å². The minimum Gasteiger partial charge on any atom is -0.387 e. The van der Waals surface area contributed by atoms with Gasteiger partial charge >= 0.3 is 30.8 Å². The number of nitrogens with two attached hydrogens (primary N) is 4. The molecule has 4 saturated heterocycles. The van der Waals surface area contributed by atoms with E-state index >= 15 is 0 Å². The van der Waals surface area contributed by atoms with Crippen LogP contribution < -0.4 is 22.9 Å². The molecule has 0 amide bonds. The number of aromatic nitrogens is 16. The van der Waals surface area contributed by atoms with E-state index in [4.69, 9.17) is 74.0 Å². The summed E-state index contributed by atoms with van der Waals surface area (Å²) in [5.41, 5.74) is 24.1. The summed E-state index contributed by atoms with van der Waals surface area (Å²) in [5, 5.41) is 56.9. The molecule has 4 fully saturated rings. The topological polar surface area (TPSA) is 651 Å². The lowest BCUT2D eigenvalue weighted by Crippen LogP contribution is -2.37. The summed E-state index contributed by atoms with van der Waals surface area (Å²) in [4.78, 5) is 101. The zero-order valence-electron chi connectivity index (χ0n) is 45.9. The highest BCUT2D eigenvalue weighted by Gasteiger charge is 2.55. The molecular formula is C42H54N20O25P4. The number of phosphoric ester groups is 2. The first-order valence-electron chi connectivity index (χ1n) is 26.4. The van der Waals surface area contributed by atoms with Crippen LogP contribution in [-0.2, 0) is 69.3 Å². The van der Waals surface area contributed by atoms with Gasteiger partial charge in [-0.3, -0.25) is 50.0 Å². The van der Waals surface area contributed by atoms with Crippen LogP contribution in [-0.4, -0.2) is 240 Å². The molecule has 8 aromatic rings. The van der Waals surface area contributed by atoms with Gasteiger partial charge in [0, 0.05) is 0 Å². The molecule has 0 aliphatic carbocycles. The molecule has 0 radical (unpaired) electrons. The fourth-order valence-corrected chi connectivity index (χ4v) is 13.6. The molecule has 0 bridgehead atoms. The minimum atomic E-state index is -5.60. The Bertz CT molecular complexity index is 4190. The third kappa shape index (κ3) is 13.0. The van der Waals surface area contributed by atoms with Crippen molar-refractivity contribution in [3.05, 3.63) is 50.6 Å². The summed E-state index contributed by atoms with van der Waals surface area (Å²) in [6.45, 7) is -3.50. The second-order valence-electron chi connectivity index (χ2n) is 20.6. The van der Waals surface area contributed by atoms with Crippen LogP contribution in [0.15, 0.2) is 50.6 Å². The molecule has 12 rings (SSSR count). The average molecular weight is 1360 g/mol. The first kappa shape index (κ1) is 64.6. The summed E-state index contributed by atoms with van der Waals surface area (Å²) in [6, 6.07) is 0. The number of aliphatic hydroxyl groups is 5. The highest BCUT2D eigenvalue weighted by molar-refractivity contribution is 7.52. The molecule has 19 atom stereocenters. The van der Waals surface area contributed by atoms with Crippen molar-refractivity contribution in [3.8, 4) is 0 Å². The van der Waals surface area contributed by atoms with Crippen molar-refractivity contribution in [2.24, 2.45) is 0 Å². The van der Waals surface area contributed by atoms with Gasteiger partial charge in [-0.2, -0.15) is 0 Å². The molecule has 45 nitrogen and oxygen atoms in total. The van der Waals surface area contributed by atoms with Crippen LogP contribution in [0.3, 0.4) is 0 Å². The summed E-state index contributed by atoms with van der Waals surface area (Å²) < 4.78 is 120. The van der Waals surface area contributed by atoms with E-state index in [1.165, 1.54) is 10.9 Å². The maximum Gasteiger partial charge on any atom is 0.472 e. The Kier molecular flexibility index (Phi) is 17.8. The van der Waals surface area contributed by atoms with Crippen molar-refractivity contribution in [2.45, 2.75) is 98.2 Å². The van der Waals surface area contributed by atoms with Crippen LogP contribution >= 0.6 is 30.8 Å². The van der Waals surface area contributed by atoms with E-state index < -0.39 is 168 Å². The molecule has 0 spiro atoms. The van der Waals surface area contributed by atoms with Gasteiger partial charge in [-0.15, -0.1) is 0 Å². The number of rotatable bonds is 24. The first-order valence-corrected chi connectivity index (χ1v) is 33.0. The van der Waals surface area contributed by atoms with Crippen LogP contribution in [0, 0.1) is 0 Å². The highest BCUT2D eigenvalue weighted by atomic mass is 31.2. The minimum absolute atomic E-state index is 0.0133. The van der Waals surface area contributed by atoms with Gasteiger partial charge in [0.1, 0.15) is 133 Å². The van der Waals surface area contributed by atoms with Gasteiger partial charge in [0.25, 0.3) is 0 Å². The largest absolute Gasteiger partial charge is 0.472 e. The molecule has 4 aliphatic heterocycles. The van der Waals surface area contributed by atoms with Crippen LogP contribution in [0.2, 0.25) is 0 Å². The quantitative estimate of drug-likeness (QED) is 0.0255. The summed E-state index contributed by atoms with van der Waals surface area (Å²) in [6.07, 6.45) is -21.1. The van der Waals surface area contributed by atoms with Gasteiger partial charge in [-0.05, 0) is 0 Å². The zero-order chi connectivity index (χ0) is 64.6. The van der Waals surface area contributed by atoms with E-state index in [2.05, 4.69) is 59.8 Å². The number of nitrogen functional groups attached to an aromatic ring is 4. The number of nitrogens with zero attached hydrogens (tertiary/aromatic N) is 16. The van der Waals surface area contributed by atoms with Gasteiger partial charge in [-0.25, -0.2) is 68.9 Å². The van der Waals surface area contributed by atoms with Crippen molar-refractivity contribution >= 4 is 98.8 Å². The van der Waals surface area contributed by atoms with Crippen molar-refractivity contribution in [2.75, 3.05) is 62.1 Å². The summed E-state index contributed by atoms with van der Waals surface area (Å²) in [7, 11) is -20.9. The Morgan fingerprint density at radius 2 is 0.703 bits per heavy atom. The number of hydrogen-bond donors (Lipinski definition) is 14. The number of phosphoric acid groups is 2. The number of fused-ring (bicyclic) bond motifs is 4. The molecule has 8 aromatic heterocycles. The van der Waals surface area contributed by atoms with E-state index in [0.717, 1.165) is 58.0 Å². The van der Waals surface area contributed by atoms with Gasteiger partial charge in [0.2, 0.25) is 0 Å². The van der Waals surface area contributed by atoms with E-state index in [9.17, 15) is 68.3 Å². The maximum atomic E-state index is 14.2. The van der Waals surface area contributed by atoms with Gasteiger partial charge < -0.3 is 101 Å². The molecule has 492 valence electrons. The molecule has 18 N–H and O–H groups in total. The number of anilines is 4. The van der Waals surface area contributed by atoms with Crippen molar-refractivity contribution in [1.29, 1.82) is 0 Å². The third-order valence-corrected chi connectivity index (χ3v) is 18.2. The lowest BCUT2D eigenvalue weighted by Gasteiger charge is -2.25. The Morgan fingerprint density at radius 3 is 1.07 bits per heavy atom. The lowest BCUT2D eigenvalue weighted by atomic mass is 10.1. The zero-order valence-corrected chi connectivity index (χ0v) is 49.5. The molecule has 49 heteroatoms. The van der Waals surface area contributed by atoms with E-state index in [1.807, 2.05) is 0 Å². The Labute approximate surface area is 505 Å². The number of ether oxygens (including phenoxy) is 6. The average Bonchev–Trinajstić information content (AvgIpc) is 1.77. The molecule has 0 saturated carbocycles. The second-order valence-corrected chi connectivity index (χ2v) is 26.7. The monoisotopic (exact) mass is 1360 g/mol. The molecule has 91 heavy (non-hydrogen) atoms. The maximum absolute atomic E-state index is 14.2. The molecule has 3 unspecified atom stereocenters. The van der Waals surface area contributed by atoms with Crippen molar-refractivity contribution < 1.29 is 119 Å². The van der Waals surface area contributed by atoms with E-state index in [0.29, 0.717) is 0 Å². The first-order chi connectivity index (χ1) is 43.2. The SMILES string of the molecule is Nc1ncnc2c1ncn2[C@@H]1O[C@H](COCP(=O)(O)O[C@@H]2[C@H](O)[C@@H](COP(=O)(O)O[C@@H]3[C@H](O)[C@@H](COP(=O)(O)O[C@@H]4[C@H](O)[C@@H](COCP(=O)(O)O)O[C@H]4n4cnc5c(N)ncnc54)O[C@H]3n3cnc4c(N)ncnc43)O[C@H]2n2cnc3c(N)ncnc32)[C@@H](O)[C@H]1O. The molecule has 12 heterocycles. The summed E-state index contributed by atoms with van der Waals surface area (Å²) in [5.74, 6) is -0.304. The van der Waals surface area contributed by atoms with Crippen LogP contribution in [0.25, 0.3) is 44.7 Å². The normalized spacial score (nSPS) is 30.9. The van der Waals surface area contributed by atoms with Crippen molar-refractivity contribution in [3.63, 3.8) is 0 Å². The Morgan fingerprint density at radius 1 is 0.396 bits per heavy atom. The second kappa shape index (κ2) is 25.1. The highest BCUT2D eigenvalue weighted by Crippen LogP contribution is 2.54. The molecule has 4 aliphatic rings. The standard InChI is InChI=1S/C42H54N20O25P4/c43-31-19-35(51-5-47-31)59(9-55-19)39-27(67)23(63)15(81-39)1-78-14-89(71,72)85-28-25(65)17(83-40(28)60-10-56-20-32(44)48-6-52-36(20)60)3-79-91(75,76)87-30-26(66)18(84-42(30)62-12-58-22-34(46)50-8-54-38(22)62)4-80-90(73,74)86-29-24(64)16(2-77-13-88(68,69)70)82-41(29)61-11-57-21-33(45)49-7-53-37(21)61/h5-12,15-18,23-30,39-42,63-67H,1-4,13-14H2,(H,71,72)(H,73,74)(H,75,76)(H2,43,47,51)(H2,44,48,52)(H2,45,49,53)(H2,46,50,54)(H2,68,69,70)/t15-,16-,17-,18-,23-,24-,25-,26-,27-,28-,29-,30-,39-,40-,41-,42-/m1/s1. The van der Waals surface area contributed by atoms with Crippen LogP contribution in [0.5, 0.6) is 0 Å². The number of hydrogen-bond acceptors (Lipinski definition) is 36. The Balaban J connectivity index is 0.738. The van der Waals surface area contributed by atoms with Crippen LogP contribution in [0.1, 0.15) is 24.9 Å². The lowest BCUT2D eigenvalue weighted by molar-refractivity contribution is -0.0665. The van der Waals surface area contributed by atoms with E-state index in [1.54, 1.807) is 0 Å². The predicted octanol–water partition coefficient (Wildman–Crippen LogP) is -4.23. The molecule has 0 aromatic carbocycles. The summed E-state index contributed by atoms with van der Waals surface area (Å²) >= 11 is 0. The third-order valence-electron chi connectivity index (χ3n) is 14.6. The van der Waals surface area contributed by atoms with Gasteiger partial charge in [0.05, 0.1) is 51.7 Å². The fourth-order valence-electron chi connectivity index (χ4n) is 10.4. The fraction of sp³-hybridized carbons (Fsp3) is 0.524. The predicted molar refractivity (Wildman–Crippen MR) is 294 cm³/mol. The number of imidazole rings is 4. The number of aliphatic hydroxyl groups excluding tert-OH is 5.